The molecule has 0 unspecified atom stereocenters. The minimum atomic E-state index is -2.40. The molecule has 4 heteroatoms. The normalized spacial score (nSPS) is 14.0. The van der Waals surface area contributed by atoms with Gasteiger partial charge in [0.05, 0.1) is 0 Å². The molecule has 1 amide bonds. The number of hydrogen-bond donors (Lipinski definition) is 1. The standard InChI is InChI=1S/C9H8NO2.3C4H9.Sn/c11-9(12)10-5-7-3-1-2-4-8(7)6-10;3*1-3-4-2;/h1,3-4H,5-6H2,(H,11,12);3*1,3-4H2,2H3;. The van der Waals surface area contributed by atoms with E-state index in [1.54, 1.807) is 3.58 Å². The second-order valence-electron chi connectivity index (χ2n) is 7.71. The van der Waals surface area contributed by atoms with Crippen LogP contribution in [0.15, 0.2) is 18.2 Å². The van der Waals surface area contributed by atoms with Crippen LogP contribution in [-0.4, -0.2) is 34.5 Å². The summed E-state index contributed by atoms with van der Waals surface area (Å²) < 4.78 is 6.06. The van der Waals surface area contributed by atoms with Gasteiger partial charge in [0.15, 0.2) is 0 Å². The van der Waals surface area contributed by atoms with Gasteiger partial charge in [0.25, 0.3) is 0 Å². The van der Waals surface area contributed by atoms with Crippen molar-refractivity contribution < 1.29 is 9.90 Å². The van der Waals surface area contributed by atoms with Gasteiger partial charge in [0.1, 0.15) is 0 Å². The van der Waals surface area contributed by atoms with Gasteiger partial charge >= 0.3 is 158 Å². The number of hydrogen-bond acceptors (Lipinski definition) is 1. The van der Waals surface area contributed by atoms with Crippen LogP contribution in [0, 0.1) is 0 Å². The summed E-state index contributed by atoms with van der Waals surface area (Å²) in [6.45, 7) is 8.07. The first-order valence-electron chi connectivity index (χ1n) is 10.2. The summed E-state index contributed by atoms with van der Waals surface area (Å²) in [6.07, 6.45) is 7.15. The second kappa shape index (κ2) is 9.84. The fourth-order valence-corrected chi connectivity index (χ4v) is 20.3. The molecular weight excluding hydrogens is 417 g/mol. The molecule has 1 aliphatic heterocycles. The molecule has 1 aromatic rings. The summed E-state index contributed by atoms with van der Waals surface area (Å²) >= 11 is -2.40. The molecule has 140 valence electrons. The molecule has 0 aliphatic carbocycles. The molecule has 1 heterocycles. The zero-order valence-corrected chi connectivity index (χ0v) is 19.2. The van der Waals surface area contributed by atoms with Crippen molar-refractivity contribution >= 4 is 28.0 Å². The summed E-state index contributed by atoms with van der Waals surface area (Å²) in [5.41, 5.74) is 2.48. The van der Waals surface area contributed by atoms with Gasteiger partial charge in [0.2, 0.25) is 0 Å². The molecule has 1 aliphatic rings. The number of carbonyl (C=O) groups is 1. The Morgan fingerprint density at radius 1 is 0.960 bits per heavy atom. The molecule has 2 rings (SSSR count). The van der Waals surface area contributed by atoms with Gasteiger partial charge in [-0.05, 0) is 0 Å². The number of benzene rings is 1. The van der Waals surface area contributed by atoms with Crippen molar-refractivity contribution in [1.82, 2.24) is 4.90 Å². The fourth-order valence-electron chi connectivity index (χ4n) is 4.21. The molecule has 0 radical (unpaired) electrons. The Morgan fingerprint density at radius 2 is 1.48 bits per heavy atom. The number of amides is 1. The van der Waals surface area contributed by atoms with Crippen LogP contribution < -0.4 is 3.58 Å². The van der Waals surface area contributed by atoms with Gasteiger partial charge < -0.3 is 0 Å². The summed E-state index contributed by atoms with van der Waals surface area (Å²) in [5.74, 6) is 0. The summed E-state index contributed by atoms with van der Waals surface area (Å²) in [7, 11) is 0. The first kappa shape index (κ1) is 20.6. The van der Waals surface area contributed by atoms with Gasteiger partial charge in [-0.25, -0.2) is 0 Å². The van der Waals surface area contributed by atoms with E-state index in [2.05, 4.69) is 39.0 Å². The van der Waals surface area contributed by atoms with Crippen molar-refractivity contribution in [1.29, 1.82) is 0 Å². The Bertz CT molecular complexity index is 551. The summed E-state index contributed by atoms with van der Waals surface area (Å²) in [6, 6.07) is 7.06. The Hall–Kier alpha value is -0.711. The van der Waals surface area contributed by atoms with Crippen molar-refractivity contribution in [2.24, 2.45) is 0 Å². The van der Waals surface area contributed by atoms with E-state index in [0.29, 0.717) is 13.1 Å². The molecule has 1 N–H and O–H groups in total. The first-order valence-corrected chi connectivity index (χ1v) is 17.6. The second-order valence-corrected chi connectivity index (χ2v) is 21.0. The van der Waals surface area contributed by atoms with Crippen molar-refractivity contribution in [2.75, 3.05) is 0 Å². The van der Waals surface area contributed by atoms with Crippen LogP contribution in [0.1, 0.15) is 70.4 Å². The molecule has 0 saturated carbocycles. The zero-order valence-electron chi connectivity index (χ0n) is 16.3. The monoisotopic (exact) mass is 453 g/mol. The van der Waals surface area contributed by atoms with Crippen LogP contribution in [0.3, 0.4) is 0 Å². The first-order chi connectivity index (χ1) is 12.1. The fraction of sp³-hybridized carbons (Fsp3) is 0.667. The predicted molar refractivity (Wildman–Crippen MR) is 108 cm³/mol. The third kappa shape index (κ3) is 5.15. The molecule has 0 atom stereocenters. The van der Waals surface area contributed by atoms with Crippen molar-refractivity contribution in [3.8, 4) is 0 Å². The third-order valence-corrected chi connectivity index (χ3v) is 21.4. The quantitative estimate of drug-likeness (QED) is 0.461. The van der Waals surface area contributed by atoms with E-state index in [1.165, 1.54) is 67.9 Å². The molecule has 0 spiro atoms. The summed E-state index contributed by atoms with van der Waals surface area (Å²) in [5, 5.41) is 9.30. The Balaban J connectivity index is 2.32. The van der Waals surface area contributed by atoms with E-state index < -0.39 is 24.5 Å². The Labute approximate surface area is 157 Å². The van der Waals surface area contributed by atoms with Crippen LogP contribution in [0.25, 0.3) is 0 Å². The van der Waals surface area contributed by atoms with Crippen LogP contribution in [-0.2, 0) is 13.1 Å². The molecule has 0 fully saturated rings. The van der Waals surface area contributed by atoms with Gasteiger partial charge in [-0.3, -0.25) is 0 Å². The molecule has 25 heavy (non-hydrogen) atoms. The predicted octanol–water partition coefficient (Wildman–Crippen LogP) is 5.74. The Kier molecular flexibility index (Phi) is 8.11. The number of nitrogens with zero attached hydrogens (tertiary/aromatic N) is 1. The molecule has 0 aromatic heterocycles. The maximum absolute atomic E-state index is 11.3. The van der Waals surface area contributed by atoms with E-state index in [0.717, 1.165) is 0 Å². The topological polar surface area (TPSA) is 40.5 Å². The third-order valence-electron chi connectivity index (χ3n) is 5.84. The van der Waals surface area contributed by atoms with Gasteiger partial charge in [0, 0.05) is 0 Å². The average Bonchev–Trinajstić information content (AvgIpc) is 3.05. The van der Waals surface area contributed by atoms with Crippen LogP contribution >= 0.6 is 0 Å². The van der Waals surface area contributed by atoms with Crippen LogP contribution in [0.4, 0.5) is 4.79 Å². The number of carboxylic acid groups (broad SMARTS) is 1. The molecule has 3 nitrogen and oxygen atoms in total. The average molecular weight is 452 g/mol. The maximum atomic E-state index is 11.3. The Morgan fingerprint density at radius 3 is 1.96 bits per heavy atom. The number of rotatable bonds is 10. The van der Waals surface area contributed by atoms with E-state index in [9.17, 15) is 9.90 Å². The van der Waals surface area contributed by atoms with E-state index in [1.807, 2.05) is 0 Å². The molecular formula is C21H35NO2Sn. The SMILES string of the molecule is CCC[CH2][Sn]([CH2]CCC)([CH2]CCC)[c]1ccc2c(c1)CN(C(=O)O)C2. The van der Waals surface area contributed by atoms with Gasteiger partial charge in [-0.2, -0.15) is 0 Å². The van der Waals surface area contributed by atoms with Gasteiger partial charge in [-0.15, -0.1) is 0 Å². The summed E-state index contributed by atoms with van der Waals surface area (Å²) in [4.78, 5) is 12.9. The van der Waals surface area contributed by atoms with Gasteiger partial charge in [-0.1, -0.05) is 0 Å². The van der Waals surface area contributed by atoms with E-state index in [-0.39, 0.29) is 0 Å². The molecule has 0 saturated heterocycles. The molecule has 1 aromatic carbocycles. The minimum absolute atomic E-state index is 0.562. The number of fused-ring (bicyclic) bond motifs is 1. The van der Waals surface area contributed by atoms with Crippen molar-refractivity contribution in [3.63, 3.8) is 0 Å². The van der Waals surface area contributed by atoms with Crippen LogP contribution in [0.2, 0.25) is 13.3 Å². The van der Waals surface area contributed by atoms with E-state index >= 15 is 0 Å². The van der Waals surface area contributed by atoms with E-state index in [4.69, 9.17) is 0 Å². The number of unbranched alkanes of at least 4 members (excludes halogenated alkanes) is 3. The molecule has 0 bridgehead atoms. The zero-order chi connectivity index (χ0) is 18.3. The van der Waals surface area contributed by atoms with Crippen LogP contribution in [0.5, 0.6) is 0 Å². The van der Waals surface area contributed by atoms with Crippen molar-refractivity contribution in [3.05, 3.63) is 29.3 Å². The van der Waals surface area contributed by atoms with Crippen molar-refractivity contribution in [2.45, 2.75) is 85.7 Å².